The van der Waals surface area contributed by atoms with Crippen LogP contribution in [0.15, 0.2) is 17.4 Å². The van der Waals surface area contributed by atoms with E-state index in [2.05, 4.69) is 15.0 Å². The first kappa shape index (κ1) is 12.6. The Morgan fingerprint density at radius 1 is 1.26 bits per heavy atom. The highest BCUT2D eigenvalue weighted by Crippen LogP contribution is 2.38. The summed E-state index contributed by atoms with van der Waals surface area (Å²) in [5.74, 6) is 0.179. The maximum atomic E-state index is 9.98. The van der Waals surface area contributed by atoms with Gasteiger partial charge in [-0.15, -0.1) is 0 Å². The third-order valence-electron chi connectivity index (χ3n) is 3.03. The lowest BCUT2D eigenvalue weighted by atomic mass is 10.2. The van der Waals surface area contributed by atoms with Crippen molar-refractivity contribution in [3.05, 3.63) is 22.7 Å². The fraction of sp³-hybridized carbons (Fsp3) is 0.300. The summed E-state index contributed by atoms with van der Waals surface area (Å²) in [5.41, 5.74) is 6.36. The number of nitrogens with zero attached hydrogens (tertiary/aromatic N) is 4. The minimum absolute atomic E-state index is 0.0619. The van der Waals surface area contributed by atoms with Crippen molar-refractivity contribution in [1.82, 2.24) is 19.5 Å². The molecular formula is C10H9Cl2N5O2. The van der Waals surface area contributed by atoms with Gasteiger partial charge in [0, 0.05) is 5.03 Å². The van der Waals surface area contributed by atoms with E-state index in [0.717, 1.165) is 0 Å². The molecule has 0 amide bonds. The van der Waals surface area contributed by atoms with Gasteiger partial charge in [-0.25, -0.2) is 15.0 Å². The van der Waals surface area contributed by atoms with Crippen LogP contribution < -0.4 is 5.73 Å². The highest BCUT2D eigenvalue weighted by atomic mass is 35.5. The van der Waals surface area contributed by atoms with Crippen LogP contribution in [0.2, 0.25) is 5.28 Å². The summed E-state index contributed by atoms with van der Waals surface area (Å²) in [6, 6.07) is -0.747. The second-order valence-corrected chi connectivity index (χ2v) is 4.93. The van der Waals surface area contributed by atoms with Crippen LogP contribution in [-0.2, 0) is 0 Å². The van der Waals surface area contributed by atoms with Gasteiger partial charge in [-0.05, 0) is 17.7 Å². The fourth-order valence-electron chi connectivity index (χ4n) is 2.13. The maximum Gasteiger partial charge on any atom is 0.205 e. The highest BCUT2D eigenvalue weighted by Gasteiger charge is 2.38. The number of fused-ring (bicyclic) bond motifs is 1. The predicted octanol–water partition coefficient (Wildman–Crippen LogP) is 0.461. The molecule has 7 nitrogen and oxygen atoms in total. The molecule has 0 spiro atoms. The summed E-state index contributed by atoms with van der Waals surface area (Å²) in [6.07, 6.45) is 0.425. The van der Waals surface area contributed by atoms with Crippen LogP contribution in [0.1, 0.15) is 6.04 Å². The van der Waals surface area contributed by atoms with Gasteiger partial charge >= 0.3 is 0 Å². The lowest BCUT2D eigenvalue weighted by molar-refractivity contribution is 0.0371. The van der Waals surface area contributed by atoms with Crippen LogP contribution >= 0.6 is 23.2 Å². The van der Waals surface area contributed by atoms with E-state index in [1.165, 1.54) is 17.0 Å². The Morgan fingerprint density at radius 2 is 2.00 bits per heavy atom. The molecule has 0 aliphatic heterocycles. The van der Waals surface area contributed by atoms with E-state index < -0.39 is 18.2 Å². The van der Waals surface area contributed by atoms with Crippen molar-refractivity contribution in [2.45, 2.75) is 18.2 Å². The lowest BCUT2D eigenvalue weighted by Crippen LogP contribution is -2.29. The Bertz CT molecular complexity index is 686. The summed E-state index contributed by atoms with van der Waals surface area (Å²) >= 11 is 12.1. The van der Waals surface area contributed by atoms with Gasteiger partial charge in [-0.2, -0.15) is 0 Å². The quantitative estimate of drug-likeness (QED) is 0.660. The number of imidazole rings is 1. The number of hydrogen-bond donors (Lipinski definition) is 3. The Balaban J connectivity index is 2.24. The first-order valence-electron chi connectivity index (χ1n) is 5.38. The van der Waals surface area contributed by atoms with Crippen LogP contribution in [-0.4, -0.2) is 41.9 Å². The molecular weight excluding hydrogens is 293 g/mol. The smallest absolute Gasteiger partial charge is 0.205 e. The summed E-state index contributed by atoms with van der Waals surface area (Å²) in [4.78, 5) is 11.9. The molecule has 3 rings (SSSR count). The molecule has 1 aliphatic carbocycles. The van der Waals surface area contributed by atoms with Crippen molar-refractivity contribution >= 4 is 40.2 Å². The van der Waals surface area contributed by atoms with Crippen molar-refractivity contribution < 1.29 is 10.2 Å². The number of halogens is 2. The number of rotatable bonds is 1. The first-order valence-corrected chi connectivity index (χ1v) is 6.13. The molecule has 0 fully saturated rings. The second-order valence-electron chi connectivity index (χ2n) is 4.16. The summed E-state index contributed by atoms with van der Waals surface area (Å²) in [6.45, 7) is 0. The summed E-state index contributed by atoms with van der Waals surface area (Å²) in [7, 11) is 0. The van der Waals surface area contributed by atoms with E-state index in [-0.39, 0.29) is 16.1 Å². The molecule has 0 radical (unpaired) electrons. The molecule has 3 atom stereocenters. The van der Waals surface area contributed by atoms with E-state index in [1.807, 2.05) is 0 Å². The average Bonchev–Trinajstić information content (AvgIpc) is 2.79. The Kier molecular flexibility index (Phi) is 2.86. The fourth-order valence-corrected chi connectivity index (χ4v) is 2.76. The Labute approximate surface area is 117 Å². The van der Waals surface area contributed by atoms with E-state index in [9.17, 15) is 10.2 Å². The van der Waals surface area contributed by atoms with Gasteiger partial charge in [0.2, 0.25) is 5.28 Å². The predicted molar refractivity (Wildman–Crippen MR) is 69.7 cm³/mol. The molecule has 0 saturated carbocycles. The van der Waals surface area contributed by atoms with E-state index in [1.54, 1.807) is 0 Å². The standard InChI is InChI=1S/C10H9Cl2N5O2/c11-3-1-4(18)7(19)6(3)17-9-5(16-10(17)12)8(13)14-2-15-9/h1-2,4,6-7,18-19H,(H2,13,14,15). The van der Waals surface area contributed by atoms with Gasteiger partial charge in [0.15, 0.2) is 17.0 Å². The number of aromatic nitrogens is 4. The SMILES string of the molecule is Nc1ncnc2c1nc(Cl)n2C1C(Cl)=CC(O)C1O. The highest BCUT2D eigenvalue weighted by molar-refractivity contribution is 6.31. The molecule has 0 aromatic carbocycles. The molecule has 2 aromatic rings. The lowest BCUT2D eigenvalue weighted by Gasteiger charge is -2.20. The van der Waals surface area contributed by atoms with Gasteiger partial charge in [-0.1, -0.05) is 11.6 Å². The minimum Gasteiger partial charge on any atom is -0.388 e. The topological polar surface area (TPSA) is 110 Å². The van der Waals surface area contributed by atoms with Crippen LogP contribution in [0.25, 0.3) is 11.2 Å². The third kappa shape index (κ3) is 1.78. The van der Waals surface area contributed by atoms with Crippen LogP contribution in [0, 0.1) is 0 Å². The average molecular weight is 302 g/mol. The molecule has 0 saturated heterocycles. The molecule has 3 unspecified atom stereocenters. The molecule has 2 aromatic heterocycles. The van der Waals surface area contributed by atoms with Crippen molar-refractivity contribution in [1.29, 1.82) is 0 Å². The molecule has 2 heterocycles. The van der Waals surface area contributed by atoms with Crippen LogP contribution in [0.4, 0.5) is 5.82 Å². The largest absolute Gasteiger partial charge is 0.388 e. The Hall–Kier alpha value is -1.41. The number of aliphatic hydroxyl groups excluding tert-OH is 2. The zero-order chi connectivity index (χ0) is 13.7. The van der Waals surface area contributed by atoms with Crippen molar-refractivity contribution in [3.63, 3.8) is 0 Å². The van der Waals surface area contributed by atoms with Crippen molar-refractivity contribution in [2.24, 2.45) is 0 Å². The van der Waals surface area contributed by atoms with E-state index in [0.29, 0.717) is 11.2 Å². The van der Waals surface area contributed by atoms with Gasteiger partial charge in [-0.3, -0.25) is 4.57 Å². The first-order chi connectivity index (χ1) is 9.00. The molecule has 4 N–H and O–H groups in total. The number of hydrogen-bond acceptors (Lipinski definition) is 6. The van der Waals surface area contributed by atoms with Gasteiger partial charge in [0.05, 0.1) is 0 Å². The van der Waals surface area contributed by atoms with E-state index >= 15 is 0 Å². The zero-order valence-corrected chi connectivity index (χ0v) is 10.9. The maximum absolute atomic E-state index is 9.98. The van der Waals surface area contributed by atoms with Crippen LogP contribution in [0.5, 0.6) is 0 Å². The molecule has 9 heteroatoms. The minimum atomic E-state index is -1.13. The number of nitrogens with two attached hydrogens (primary N) is 1. The monoisotopic (exact) mass is 301 g/mol. The normalized spacial score (nSPS) is 26.9. The molecule has 0 bridgehead atoms. The van der Waals surface area contributed by atoms with Gasteiger partial charge in [0.25, 0.3) is 0 Å². The van der Waals surface area contributed by atoms with Gasteiger partial charge in [0.1, 0.15) is 24.6 Å². The molecule has 100 valence electrons. The number of nitrogen functional groups attached to an aromatic ring is 1. The van der Waals surface area contributed by atoms with E-state index in [4.69, 9.17) is 28.9 Å². The second kappa shape index (κ2) is 4.31. The third-order valence-corrected chi connectivity index (χ3v) is 3.64. The zero-order valence-electron chi connectivity index (χ0n) is 9.40. The van der Waals surface area contributed by atoms with Crippen molar-refractivity contribution in [2.75, 3.05) is 5.73 Å². The van der Waals surface area contributed by atoms with Crippen LogP contribution in [0.3, 0.4) is 0 Å². The number of anilines is 1. The molecule has 19 heavy (non-hydrogen) atoms. The van der Waals surface area contributed by atoms with Gasteiger partial charge < -0.3 is 15.9 Å². The Morgan fingerprint density at radius 3 is 2.63 bits per heavy atom. The summed E-state index contributed by atoms with van der Waals surface area (Å²) in [5, 5.41) is 19.9. The summed E-state index contributed by atoms with van der Waals surface area (Å²) < 4.78 is 1.43. The molecule has 1 aliphatic rings. The van der Waals surface area contributed by atoms with Crippen molar-refractivity contribution in [3.8, 4) is 0 Å². The number of aliphatic hydroxyl groups is 2.